The Balaban J connectivity index is 1.26. The number of hydrogen-bond acceptors (Lipinski definition) is 5. The number of thiazole rings is 1. The van der Waals surface area contributed by atoms with Crippen molar-refractivity contribution in [2.75, 3.05) is 36.4 Å². The van der Waals surface area contributed by atoms with Gasteiger partial charge in [-0.05, 0) is 69.8 Å². The Morgan fingerprint density at radius 1 is 1.03 bits per heavy atom. The molecule has 1 aromatic carbocycles. The Hall–Kier alpha value is -2.25. The highest BCUT2D eigenvalue weighted by Gasteiger charge is 2.31. The van der Waals surface area contributed by atoms with E-state index in [1.165, 1.54) is 61.8 Å². The van der Waals surface area contributed by atoms with Crippen molar-refractivity contribution in [2.24, 2.45) is 5.92 Å². The third-order valence-corrected chi connectivity index (χ3v) is 8.46. The van der Waals surface area contributed by atoms with Crippen LogP contribution in [0, 0.1) is 12.8 Å². The zero-order valence-corrected chi connectivity index (χ0v) is 21.1. The van der Waals surface area contributed by atoms with Crippen LogP contribution in [-0.4, -0.2) is 47.9 Å². The van der Waals surface area contributed by atoms with E-state index in [2.05, 4.69) is 35.3 Å². The summed E-state index contributed by atoms with van der Waals surface area (Å²) in [5.74, 6) is 0.527. The molecule has 2 aromatic rings. The number of hydrogen-bond donors (Lipinski definition) is 1. The summed E-state index contributed by atoms with van der Waals surface area (Å²) in [6.07, 6.45) is 11.5. The van der Waals surface area contributed by atoms with E-state index < -0.39 is 0 Å². The van der Waals surface area contributed by atoms with Crippen LogP contribution in [0.25, 0.3) is 11.3 Å². The van der Waals surface area contributed by atoms with Crippen LogP contribution in [0.1, 0.15) is 68.2 Å². The maximum Gasteiger partial charge on any atom is 0.240 e. The molecule has 34 heavy (non-hydrogen) atoms. The fourth-order valence-electron chi connectivity index (χ4n) is 5.72. The average Bonchev–Trinajstić information content (AvgIpc) is 3.33. The average molecular weight is 481 g/mol. The van der Waals surface area contributed by atoms with Gasteiger partial charge in [0, 0.05) is 28.6 Å². The first-order valence-electron chi connectivity index (χ1n) is 13.0. The number of nitrogens with zero attached hydrogens (tertiary/aromatic N) is 3. The topological polar surface area (TPSA) is 65.5 Å². The molecule has 1 N–H and O–H groups in total. The fourth-order valence-corrected chi connectivity index (χ4v) is 6.57. The molecule has 0 atom stereocenters. The van der Waals surface area contributed by atoms with Gasteiger partial charge in [-0.3, -0.25) is 14.5 Å². The highest BCUT2D eigenvalue weighted by atomic mass is 32.1. The Morgan fingerprint density at radius 2 is 1.76 bits per heavy atom. The Bertz CT molecular complexity index is 1040. The maximum absolute atomic E-state index is 13.1. The summed E-state index contributed by atoms with van der Waals surface area (Å²) in [7, 11) is 0. The predicted octanol–water partition coefficient (Wildman–Crippen LogP) is 5.40. The summed E-state index contributed by atoms with van der Waals surface area (Å²) < 4.78 is 0. The van der Waals surface area contributed by atoms with Crippen molar-refractivity contribution in [3.63, 3.8) is 0 Å². The molecular weight excluding hydrogens is 444 g/mol. The van der Waals surface area contributed by atoms with Gasteiger partial charge in [-0.2, -0.15) is 0 Å². The lowest BCUT2D eigenvalue weighted by Gasteiger charge is -2.26. The van der Waals surface area contributed by atoms with E-state index in [-0.39, 0.29) is 11.8 Å². The van der Waals surface area contributed by atoms with Gasteiger partial charge in [0.15, 0.2) is 5.13 Å². The molecule has 0 spiro atoms. The van der Waals surface area contributed by atoms with E-state index in [1.807, 2.05) is 4.90 Å². The standard InChI is InChI=1S/C27H36N4O2S/c1-19-25(29-27(34-19)28-24(32)18-30-14-7-2-3-8-15-30)22-11-12-23-21(17-22)13-16-31(23)26(33)20-9-5-4-6-10-20/h11-12,17,20H,2-10,13-16,18H2,1H3,(H,28,29,32). The maximum atomic E-state index is 13.1. The van der Waals surface area contributed by atoms with Crippen molar-refractivity contribution in [1.82, 2.24) is 9.88 Å². The summed E-state index contributed by atoms with van der Waals surface area (Å²) in [6, 6.07) is 6.36. The molecule has 2 amide bonds. The predicted molar refractivity (Wildman–Crippen MR) is 138 cm³/mol. The van der Waals surface area contributed by atoms with Crippen molar-refractivity contribution >= 4 is 34.0 Å². The number of aromatic nitrogens is 1. The van der Waals surface area contributed by atoms with Crippen LogP contribution in [-0.2, 0) is 16.0 Å². The van der Waals surface area contributed by atoms with Gasteiger partial charge in [0.05, 0.1) is 12.2 Å². The molecule has 1 saturated carbocycles. The number of likely N-dealkylation sites (tertiary alicyclic amines) is 1. The molecule has 182 valence electrons. The minimum Gasteiger partial charge on any atom is -0.312 e. The molecule has 0 bridgehead atoms. The number of benzene rings is 1. The van der Waals surface area contributed by atoms with Crippen molar-refractivity contribution in [3.05, 3.63) is 28.6 Å². The first-order chi connectivity index (χ1) is 16.6. The summed E-state index contributed by atoms with van der Waals surface area (Å²) in [5, 5.41) is 3.69. The first-order valence-corrected chi connectivity index (χ1v) is 13.8. The van der Waals surface area contributed by atoms with Gasteiger partial charge in [0.1, 0.15) is 0 Å². The molecule has 1 aliphatic carbocycles. The number of rotatable bonds is 5. The molecule has 7 heteroatoms. The zero-order valence-electron chi connectivity index (χ0n) is 20.3. The lowest BCUT2D eigenvalue weighted by molar-refractivity contribution is -0.123. The number of fused-ring (bicyclic) bond motifs is 1. The fraction of sp³-hybridized carbons (Fsp3) is 0.593. The van der Waals surface area contributed by atoms with E-state index in [4.69, 9.17) is 4.98 Å². The lowest BCUT2D eigenvalue weighted by atomic mass is 9.88. The van der Waals surface area contributed by atoms with Gasteiger partial charge in [0.25, 0.3) is 0 Å². The molecule has 1 saturated heterocycles. The van der Waals surface area contributed by atoms with Crippen LogP contribution < -0.4 is 10.2 Å². The van der Waals surface area contributed by atoms with Crippen LogP contribution >= 0.6 is 11.3 Å². The van der Waals surface area contributed by atoms with E-state index in [1.54, 1.807) is 0 Å². The summed E-state index contributed by atoms with van der Waals surface area (Å²) in [6.45, 7) is 5.29. The number of amides is 2. The molecule has 6 nitrogen and oxygen atoms in total. The number of anilines is 2. The molecular formula is C27H36N4O2S. The summed E-state index contributed by atoms with van der Waals surface area (Å²) in [5.41, 5.74) is 4.28. The van der Waals surface area contributed by atoms with Crippen LogP contribution in [0.5, 0.6) is 0 Å². The van der Waals surface area contributed by atoms with Gasteiger partial charge >= 0.3 is 0 Å². The highest BCUT2D eigenvalue weighted by molar-refractivity contribution is 7.16. The summed E-state index contributed by atoms with van der Waals surface area (Å²) >= 11 is 1.54. The van der Waals surface area contributed by atoms with Gasteiger partial charge in [-0.15, -0.1) is 11.3 Å². The molecule has 2 aliphatic heterocycles. The largest absolute Gasteiger partial charge is 0.312 e. The summed E-state index contributed by atoms with van der Waals surface area (Å²) in [4.78, 5) is 35.9. The number of nitrogens with one attached hydrogen (secondary N) is 1. The van der Waals surface area contributed by atoms with Crippen molar-refractivity contribution in [3.8, 4) is 11.3 Å². The minimum absolute atomic E-state index is 0.0213. The smallest absolute Gasteiger partial charge is 0.240 e. The number of carbonyl (C=O) groups excluding carboxylic acids is 2. The SMILES string of the molecule is Cc1sc(NC(=O)CN2CCCCCC2)nc1-c1ccc2c(c1)CCN2C(=O)C1CCCCC1. The second-order valence-corrected chi connectivity index (χ2v) is 11.3. The van der Waals surface area contributed by atoms with Crippen LogP contribution in [0.3, 0.4) is 0 Å². The van der Waals surface area contributed by atoms with Gasteiger partial charge in [-0.25, -0.2) is 4.98 Å². The molecule has 3 aliphatic rings. The van der Waals surface area contributed by atoms with E-state index in [0.29, 0.717) is 17.6 Å². The molecule has 0 unspecified atom stereocenters. The normalized spacial score (nSPS) is 19.6. The molecule has 5 rings (SSSR count). The van der Waals surface area contributed by atoms with E-state index in [9.17, 15) is 9.59 Å². The van der Waals surface area contributed by atoms with Crippen molar-refractivity contribution in [2.45, 2.75) is 71.1 Å². The van der Waals surface area contributed by atoms with Crippen molar-refractivity contribution in [1.29, 1.82) is 0 Å². The molecule has 1 aromatic heterocycles. The Morgan fingerprint density at radius 3 is 2.53 bits per heavy atom. The van der Waals surface area contributed by atoms with E-state index >= 15 is 0 Å². The molecule has 0 radical (unpaired) electrons. The highest BCUT2D eigenvalue weighted by Crippen LogP contribution is 2.37. The quantitative estimate of drug-likeness (QED) is 0.622. The second-order valence-electron chi connectivity index (χ2n) is 10.1. The minimum atomic E-state index is 0.0213. The van der Waals surface area contributed by atoms with Crippen molar-refractivity contribution < 1.29 is 9.59 Å². The Labute approximate surface area is 206 Å². The lowest BCUT2D eigenvalue weighted by Crippen LogP contribution is -2.35. The second kappa shape index (κ2) is 10.6. The van der Waals surface area contributed by atoms with Crippen LogP contribution in [0.4, 0.5) is 10.8 Å². The van der Waals surface area contributed by atoms with Gasteiger partial charge < -0.3 is 10.2 Å². The van der Waals surface area contributed by atoms with E-state index in [0.717, 1.165) is 60.7 Å². The molecule has 3 heterocycles. The zero-order chi connectivity index (χ0) is 23.5. The van der Waals surface area contributed by atoms with Crippen LogP contribution in [0.15, 0.2) is 18.2 Å². The molecule has 2 fully saturated rings. The van der Waals surface area contributed by atoms with Gasteiger partial charge in [0.2, 0.25) is 11.8 Å². The first kappa shape index (κ1) is 23.5. The number of aryl methyl sites for hydroxylation is 1. The number of carbonyl (C=O) groups is 2. The van der Waals surface area contributed by atoms with Gasteiger partial charge in [-0.1, -0.05) is 38.2 Å². The third-order valence-electron chi connectivity index (χ3n) is 7.58. The third kappa shape index (κ3) is 5.20. The van der Waals surface area contributed by atoms with Crippen LogP contribution in [0.2, 0.25) is 0 Å². The monoisotopic (exact) mass is 480 g/mol. The Kier molecular flexibility index (Phi) is 7.30.